The van der Waals surface area contributed by atoms with Crippen molar-refractivity contribution >= 4 is 5.91 Å². The van der Waals surface area contributed by atoms with Gasteiger partial charge in [0.15, 0.2) is 0 Å². The molecule has 0 saturated heterocycles. The van der Waals surface area contributed by atoms with E-state index in [1.54, 1.807) is 7.11 Å². The van der Waals surface area contributed by atoms with E-state index in [0.717, 1.165) is 19.4 Å². The van der Waals surface area contributed by atoms with Crippen molar-refractivity contribution in [3.63, 3.8) is 0 Å². The van der Waals surface area contributed by atoms with Gasteiger partial charge in [-0.1, -0.05) is 13.8 Å². The Morgan fingerprint density at radius 2 is 2.06 bits per heavy atom. The highest BCUT2D eigenvalue weighted by molar-refractivity contribution is 5.76. The van der Waals surface area contributed by atoms with Crippen LogP contribution in [0.15, 0.2) is 0 Å². The molecule has 1 aliphatic rings. The minimum absolute atomic E-state index is 0.00909. The maximum Gasteiger partial charge on any atom is 0.222 e. The molecule has 0 aromatic heterocycles. The Bertz CT molecular complexity index is 304. The largest absolute Gasteiger partial charge is 0.378 e. The maximum absolute atomic E-state index is 12.1. The first-order valence-corrected chi connectivity index (χ1v) is 6.75. The summed E-state index contributed by atoms with van der Waals surface area (Å²) in [7, 11) is 5.59. The summed E-state index contributed by atoms with van der Waals surface area (Å²) < 4.78 is 5.60. The molecular weight excluding hydrogens is 228 g/mol. The lowest BCUT2D eigenvalue weighted by atomic mass is 9.55. The Hall–Kier alpha value is -0.610. The van der Waals surface area contributed by atoms with E-state index in [2.05, 4.69) is 26.1 Å². The van der Waals surface area contributed by atoms with Crippen LogP contribution in [0.25, 0.3) is 0 Å². The topological polar surface area (TPSA) is 41.6 Å². The van der Waals surface area contributed by atoms with E-state index >= 15 is 0 Å². The van der Waals surface area contributed by atoms with Crippen molar-refractivity contribution < 1.29 is 9.53 Å². The summed E-state index contributed by atoms with van der Waals surface area (Å²) in [6, 6.07) is 0.282. The van der Waals surface area contributed by atoms with Gasteiger partial charge in [0.05, 0.1) is 5.60 Å². The molecule has 0 radical (unpaired) electrons. The molecule has 1 rings (SSSR count). The highest BCUT2D eigenvalue weighted by Gasteiger charge is 2.59. The zero-order valence-corrected chi connectivity index (χ0v) is 12.7. The van der Waals surface area contributed by atoms with Crippen LogP contribution in [0.1, 0.15) is 40.0 Å². The van der Waals surface area contributed by atoms with Gasteiger partial charge in [0, 0.05) is 32.0 Å². The van der Waals surface area contributed by atoms with Gasteiger partial charge in [0.25, 0.3) is 0 Å². The van der Waals surface area contributed by atoms with Gasteiger partial charge in [0.1, 0.15) is 0 Å². The van der Waals surface area contributed by atoms with Crippen LogP contribution in [-0.4, -0.2) is 50.2 Å². The maximum atomic E-state index is 12.1. The van der Waals surface area contributed by atoms with Crippen LogP contribution < -0.4 is 5.32 Å². The Morgan fingerprint density at radius 3 is 2.50 bits per heavy atom. The van der Waals surface area contributed by atoms with Gasteiger partial charge in [-0.3, -0.25) is 4.79 Å². The van der Waals surface area contributed by atoms with Crippen LogP contribution in [0.4, 0.5) is 0 Å². The summed E-state index contributed by atoms with van der Waals surface area (Å²) in [5.41, 5.74) is -0.105. The molecule has 0 aromatic carbocycles. The quantitative estimate of drug-likeness (QED) is 0.735. The molecule has 0 heterocycles. The molecule has 4 heteroatoms. The highest BCUT2D eigenvalue weighted by Crippen LogP contribution is 2.53. The number of hydrogen-bond donors (Lipinski definition) is 1. The number of ether oxygens (including phenoxy) is 1. The summed E-state index contributed by atoms with van der Waals surface area (Å²) in [5, 5.41) is 3.07. The summed E-state index contributed by atoms with van der Waals surface area (Å²) in [5.74, 6) is 0.237. The molecular formula is C14H28N2O2. The van der Waals surface area contributed by atoms with Crippen LogP contribution >= 0.6 is 0 Å². The van der Waals surface area contributed by atoms with Crippen LogP contribution in [0, 0.1) is 5.41 Å². The molecule has 18 heavy (non-hydrogen) atoms. The molecule has 2 atom stereocenters. The third-order valence-corrected chi connectivity index (χ3v) is 4.91. The summed E-state index contributed by atoms with van der Waals surface area (Å²) in [4.78, 5) is 14.0. The summed E-state index contributed by atoms with van der Waals surface area (Å²) in [6.07, 6.45) is 2.44. The monoisotopic (exact) mass is 256 g/mol. The Kier molecular flexibility index (Phi) is 4.78. The normalized spacial score (nSPS) is 29.8. The zero-order valence-electron chi connectivity index (χ0n) is 12.7. The van der Waals surface area contributed by atoms with Crippen molar-refractivity contribution in [3.05, 3.63) is 0 Å². The second-order valence-corrected chi connectivity index (χ2v) is 6.09. The predicted octanol–water partition coefficient (Wildman–Crippen LogP) is 1.65. The van der Waals surface area contributed by atoms with E-state index in [0.29, 0.717) is 6.42 Å². The van der Waals surface area contributed by atoms with Gasteiger partial charge >= 0.3 is 0 Å². The van der Waals surface area contributed by atoms with E-state index in [9.17, 15) is 4.79 Å². The minimum Gasteiger partial charge on any atom is -0.378 e. The van der Waals surface area contributed by atoms with Crippen molar-refractivity contribution in [3.8, 4) is 0 Å². The van der Waals surface area contributed by atoms with E-state index in [1.165, 1.54) is 0 Å². The van der Waals surface area contributed by atoms with Crippen LogP contribution in [0.2, 0.25) is 0 Å². The van der Waals surface area contributed by atoms with Crippen molar-refractivity contribution in [2.45, 2.75) is 51.7 Å². The number of carbonyl (C=O) groups is 1. The van der Waals surface area contributed by atoms with Crippen molar-refractivity contribution in [1.82, 2.24) is 10.2 Å². The first kappa shape index (κ1) is 15.4. The first-order valence-electron chi connectivity index (χ1n) is 6.75. The number of amides is 1. The van der Waals surface area contributed by atoms with Gasteiger partial charge in [-0.25, -0.2) is 0 Å². The molecule has 1 fully saturated rings. The summed E-state index contributed by atoms with van der Waals surface area (Å²) >= 11 is 0. The number of nitrogens with one attached hydrogen (secondary N) is 1. The molecule has 4 nitrogen and oxygen atoms in total. The van der Waals surface area contributed by atoms with E-state index in [-0.39, 0.29) is 23.0 Å². The molecule has 2 unspecified atom stereocenters. The van der Waals surface area contributed by atoms with Crippen molar-refractivity contribution in [1.29, 1.82) is 0 Å². The average Bonchev–Trinajstić information content (AvgIpc) is 2.34. The molecule has 1 amide bonds. The molecule has 0 aliphatic heterocycles. The van der Waals surface area contributed by atoms with Crippen molar-refractivity contribution in [2.24, 2.45) is 5.41 Å². The lowest BCUT2D eigenvalue weighted by molar-refractivity contribution is -0.207. The van der Waals surface area contributed by atoms with Gasteiger partial charge < -0.3 is 15.0 Å². The Balaban J connectivity index is 2.54. The second-order valence-electron chi connectivity index (χ2n) is 6.09. The Morgan fingerprint density at radius 1 is 1.44 bits per heavy atom. The smallest absolute Gasteiger partial charge is 0.222 e. The van der Waals surface area contributed by atoms with E-state index in [1.807, 2.05) is 19.0 Å². The van der Waals surface area contributed by atoms with Crippen molar-refractivity contribution in [2.75, 3.05) is 27.7 Å². The fraction of sp³-hybridized carbons (Fsp3) is 0.929. The zero-order chi connectivity index (χ0) is 14.0. The van der Waals surface area contributed by atoms with Crippen LogP contribution in [0.3, 0.4) is 0 Å². The fourth-order valence-corrected chi connectivity index (χ4v) is 2.84. The molecule has 0 bridgehead atoms. The molecule has 1 saturated carbocycles. The van der Waals surface area contributed by atoms with Crippen LogP contribution in [-0.2, 0) is 9.53 Å². The second kappa shape index (κ2) is 5.57. The summed E-state index contributed by atoms with van der Waals surface area (Å²) in [6.45, 7) is 7.39. The van der Waals surface area contributed by atoms with Gasteiger partial charge in [0.2, 0.25) is 5.91 Å². The van der Waals surface area contributed by atoms with Crippen LogP contribution in [0.5, 0.6) is 0 Å². The lowest BCUT2D eigenvalue weighted by Gasteiger charge is -2.61. The number of hydrogen-bond acceptors (Lipinski definition) is 3. The molecule has 0 aromatic rings. The van der Waals surface area contributed by atoms with E-state index in [4.69, 9.17) is 4.74 Å². The number of methoxy groups -OCH3 is 1. The SMILES string of the molecule is CNCCCC(=O)N(C)C1CC(C)(OC)C1(C)C. The third-order valence-electron chi connectivity index (χ3n) is 4.91. The minimum atomic E-state index is -0.114. The lowest BCUT2D eigenvalue weighted by Crippen LogP contribution is -2.68. The van der Waals surface area contributed by atoms with Gasteiger partial charge in [-0.15, -0.1) is 0 Å². The van der Waals surface area contributed by atoms with E-state index < -0.39 is 0 Å². The van der Waals surface area contributed by atoms with Gasteiger partial charge in [-0.2, -0.15) is 0 Å². The predicted molar refractivity (Wildman–Crippen MR) is 73.5 cm³/mol. The highest BCUT2D eigenvalue weighted by atomic mass is 16.5. The van der Waals surface area contributed by atoms with Gasteiger partial charge in [-0.05, 0) is 33.4 Å². The average molecular weight is 256 g/mol. The number of rotatable bonds is 6. The first-order chi connectivity index (χ1) is 8.30. The number of nitrogens with zero attached hydrogens (tertiary/aromatic N) is 1. The third kappa shape index (κ3) is 2.54. The Labute approximate surface area is 111 Å². The fourth-order valence-electron chi connectivity index (χ4n) is 2.84. The molecule has 1 aliphatic carbocycles. The standard InChI is InChI=1S/C14H28N2O2/c1-13(2)11(10-14(13,3)18-6)16(5)12(17)8-7-9-15-4/h11,15H,7-10H2,1-6H3. The molecule has 1 N–H and O–H groups in total. The number of carbonyl (C=O) groups excluding carboxylic acids is 1. The molecule has 0 spiro atoms. The molecule has 106 valence electrons.